The molecule has 1 aliphatic rings. The highest BCUT2D eigenvalue weighted by atomic mass is 16.1. The van der Waals surface area contributed by atoms with Gasteiger partial charge in [0.05, 0.1) is 12.5 Å². The number of nitriles is 1. The topological polar surface area (TPSA) is 44.1 Å². The minimum absolute atomic E-state index is 0.174. The molecule has 0 bridgehead atoms. The van der Waals surface area contributed by atoms with Crippen molar-refractivity contribution in [3.05, 3.63) is 29.8 Å². The van der Waals surface area contributed by atoms with Crippen LogP contribution in [-0.2, 0) is 0 Å². The van der Waals surface area contributed by atoms with Crippen molar-refractivity contribution in [2.24, 2.45) is 0 Å². The van der Waals surface area contributed by atoms with Gasteiger partial charge in [0.15, 0.2) is 5.78 Å². The summed E-state index contributed by atoms with van der Waals surface area (Å²) < 4.78 is 0. The number of anilines is 1. The van der Waals surface area contributed by atoms with Gasteiger partial charge >= 0.3 is 0 Å². The summed E-state index contributed by atoms with van der Waals surface area (Å²) in [4.78, 5) is 14.2. The van der Waals surface area contributed by atoms with Crippen LogP contribution >= 0.6 is 0 Å². The number of carbonyl (C=O) groups is 1. The van der Waals surface area contributed by atoms with Gasteiger partial charge < -0.3 is 4.90 Å². The zero-order chi connectivity index (χ0) is 13.0. The van der Waals surface area contributed by atoms with Crippen LogP contribution in [0.1, 0.15) is 43.0 Å². The van der Waals surface area contributed by atoms with Crippen molar-refractivity contribution in [2.45, 2.75) is 38.6 Å². The Bertz CT molecular complexity index is 472. The Kier molecular flexibility index (Phi) is 3.99. The first-order valence-electron chi connectivity index (χ1n) is 6.53. The summed E-state index contributed by atoms with van der Waals surface area (Å²) in [5.41, 5.74) is 1.80. The fraction of sp³-hybridized carbons (Fsp3) is 0.467. The molecule has 3 heteroatoms. The number of ketones is 1. The van der Waals surface area contributed by atoms with E-state index in [1.807, 2.05) is 31.2 Å². The van der Waals surface area contributed by atoms with E-state index in [0.29, 0.717) is 18.9 Å². The molecule has 0 saturated heterocycles. The highest BCUT2D eigenvalue weighted by Gasteiger charge is 2.30. The van der Waals surface area contributed by atoms with Crippen molar-refractivity contribution in [3.8, 4) is 6.07 Å². The van der Waals surface area contributed by atoms with Crippen molar-refractivity contribution < 1.29 is 4.79 Å². The summed E-state index contributed by atoms with van der Waals surface area (Å²) >= 11 is 0. The normalized spacial score (nSPS) is 14.0. The van der Waals surface area contributed by atoms with Crippen LogP contribution in [0.25, 0.3) is 0 Å². The maximum absolute atomic E-state index is 12.0. The van der Waals surface area contributed by atoms with Gasteiger partial charge in [-0.1, -0.05) is 19.1 Å². The van der Waals surface area contributed by atoms with Gasteiger partial charge in [-0.2, -0.15) is 5.26 Å². The molecule has 0 amide bonds. The van der Waals surface area contributed by atoms with Crippen LogP contribution in [0.3, 0.4) is 0 Å². The zero-order valence-electron chi connectivity index (χ0n) is 10.7. The lowest BCUT2D eigenvalue weighted by Gasteiger charge is -2.25. The third-order valence-electron chi connectivity index (χ3n) is 3.29. The molecule has 0 aliphatic heterocycles. The molecule has 0 N–H and O–H groups in total. The van der Waals surface area contributed by atoms with Gasteiger partial charge in [-0.05, 0) is 25.0 Å². The number of nitrogens with zero attached hydrogens (tertiary/aromatic N) is 2. The van der Waals surface area contributed by atoms with Crippen LogP contribution in [0, 0.1) is 11.3 Å². The summed E-state index contributed by atoms with van der Waals surface area (Å²) in [5, 5.41) is 8.75. The minimum atomic E-state index is 0.174. The Morgan fingerprint density at radius 3 is 2.78 bits per heavy atom. The second kappa shape index (κ2) is 5.68. The molecule has 2 rings (SSSR count). The predicted octanol–water partition coefficient (Wildman–Crippen LogP) is 3.16. The predicted molar refractivity (Wildman–Crippen MR) is 71.7 cm³/mol. The van der Waals surface area contributed by atoms with Crippen LogP contribution in [0.15, 0.2) is 24.3 Å². The van der Waals surface area contributed by atoms with E-state index in [9.17, 15) is 4.79 Å². The molecular formula is C15H18N2O. The van der Waals surface area contributed by atoms with Crippen LogP contribution in [0.5, 0.6) is 0 Å². The van der Waals surface area contributed by atoms with E-state index in [1.54, 1.807) is 0 Å². The van der Waals surface area contributed by atoms with E-state index < -0.39 is 0 Å². The van der Waals surface area contributed by atoms with E-state index in [2.05, 4.69) is 11.0 Å². The molecule has 1 fully saturated rings. The smallest absolute Gasteiger partial charge is 0.164 e. The van der Waals surface area contributed by atoms with Gasteiger partial charge in [0.2, 0.25) is 0 Å². The van der Waals surface area contributed by atoms with Gasteiger partial charge in [0, 0.05) is 30.3 Å². The van der Waals surface area contributed by atoms with Gasteiger partial charge in [-0.25, -0.2) is 0 Å². The molecule has 18 heavy (non-hydrogen) atoms. The lowest BCUT2D eigenvalue weighted by molar-refractivity contribution is 0.0988. The average molecular weight is 242 g/mol. The molecule has 1 aromatic carbocycles. The highest BCUT2D eigenvalue weighted by molar-refractivity contribution is 6.01. The molecule has 3 nitrogen and oxygen atoms in total. The second-order valence-corrected chi connectivity index (χ2v) is 4.63. The van der Waals surface area contributed by atoms with Gasteiger partial charge in [0.25, 0.3) is 0 Å². The molecule has 0 spiro atoms. The summed E-state index contributed by atoms with van der Waals surface area (Å²) in [7, 11) is 0. The van der Waals surface area contributed by atoms with Crippen LogP contribution in [0.2, 0.25) is 0 Å². The fourth-order valence-corrected chi connectivity index (χ4v) is 2.21. The van der Waals surface area contributed by atoms with Crippen molar-refractivity contribution in [2.75, 3.05) is 11.4 Å². The molecule has 0 unspecified atom stereocenters. The Balaban J connectivity index is 2.29. The maximum Gasteiger partial charge on any atom is 0.164 e. The van der Waals surface area contributed by atoms with E-state index >= 15 is 0 Å². The SMILES string of the molecule is CCC(=O)c1ccccc1N(CCC#N)C1CC1. The molecule has 1 aromatic rings. The van der Waals surface area contributed by atoms with Gasteiger partial charge in [-0.15, -0.1) is 0 Å². The van der Waals surface area contributed by atoms with Crippen molar-refractivity contribution in [1.82, 2.24) is 0 Å². The van der Waals surface area contributed by atoms with Crippen molar-refractivity contribution in [3.63, 3.8) is 0 Å². The largest absolute Gasteiger partial charge is 0.367 e. The molecular weight excluding hydrogens is 224 g/mol. The summed E-state index contributed by atoms with van der Waals surface area (Å²) in [5.74, 6) is 0.174. The average Bonchev–Trinajstić information content (AvgIpc) is 3.23. The maximum atomic E-state index is 12.0. The summed E-state index contributed by atoms with van der Waals surface area (Å²) in [6, 6.07) is 10.5. The standard InChI is InChI=1S/C15H18N2O/c1-2-15(18)13-6-3-4-7-14(13)17(11-5-10-16)12-8-9-12/h3-4,6-7,12H,2,5,8-9,11H2,1H3. The third kappa shape index (κ3) is 2.70. The first kappa shape index (κ1) is 12.6. The highest BCUT2D eigenvalue weighted by Crippen LogP contribution is 2.34. The quantitative estimate of drug-likeness (QED) is 0.720. The van der Waals surface area contributed by atoms with Crippen molar-refractivity contribution in [1.29, 1.82) is 5.26 Å². The van der Waals surface area contributed by atoms with Gasteiger partial charge in [0.1, 0.15) is 0 Å². The number of rotatable bonds is 6. The Morgan fingerprint density at radius 1 is 1.44 bits per heavy atom. The molecule has 1 saturated carbocycles. The van der Waals surface area contributed by atoms with Crippen LogP contribution in [-0.4, -0.2) is 18.4 Å². The van der Waals surface area contributed by atoms with Gasteiger partial charge in [-0.3, -0.25) is 4.79 Å². The van der Waals surface area contributed by atoms with Crippen molar-refractivity contribution >= 4 is 11.5 Å². The molecule has 0 atom stereocenters. The van der Waals surface area contributed by atoms with E-state index in [-0.39, 0.29) is 5.78 Å². The summed E-state index contributed by atoms with van der Waals surface area (Å²) in [6.07, 6.45) is 3.36. The fourth-order valence-electron chi connectivity index (χ4n) is 2.21. The molecule has 0 radical (unpaired) electrons. The number of benzene rings is 1. The number of hydrogen-bond acceptors (Lipinski definition) is 3. The van der Waals surface area contributed by atoms with Crippen LogP contribution in [0.4, 0.5) is 5.69 Å². The lowest BCUT2D eigenvalue weighted by atomic mass is 10.1. The first-order chi connectivity index (χ1) is 8.77. The van der Waals surface area contributed by atoms with E-state index in [0.717, 1.165) is 17.8 Å². The Morgan fingerprint density at radius 2 is 2.17 bits per heavy atom. The second-order valence-electron chi connectivity index (χ2n) is 4.63. The zero-order valence-corrected chi connectivity index (χ0v) is 10.7. The first-order valence-corrected chi connectivity index (χ1v) is 6.53. The Labute approximate surface area is 108 Å². The number of carbonyl (C=O) groups excluding carboxylic acids is 1. The molecule has 0 aromatic heterocycles. The number of Topliss-reactive ketones (excluding diaryl/α,β-unsaturated/α-hetero) is 1. The molecule has 0 heterocycles. The van der Waals surface area contributed by atoms with Crippen LogP contribution < -0.4 is 4.90 Å². The Hall–Kier alpha value is -1.82. The van der Waals surface area contributed by atoms with E-state index in [1.165, 1.54) is 12.8 Å². The monoisotopic (exact) mass is 242 g/mol. The third-order valence-corrected chi connectivity index (χ3v) is 3.29. The van der Waals surface area contributed by atoms with E-state index in [4.69, 9.17) is 5.26 Å². The molecule has 1 aliphatic carbocycles. The summed E-state index contributed by atoms with van der Waals surface area (Å²) in [6.45, 7) is 2.60. The number of para-hydroxylation sites is 1. The lowest BCUT2D eigenvalue weighted by Crippen LogP contribution is -2.28. The molecule has 94 valence electrons. The number of hydrogen-bond donors (Lipinski definition) is 0. The minimum Gasteiger partial charge on any atom is -0.367 e.